The zero-order chi connectivity index (χ0) is 19.0. The number of para-hydroxylation sites is 1. The Balaban J connectivity index is 1.61. The van der Waals surface area contributed by atoms with Crippen LogP contribution in [0.2, 0.25) is 0 Å². The van der Waals surface area contributed by atoms with Crippen LogP contribution in [-0.4, -0.2) is 17.8 Å². The molecule has 0 fully saturated rings. The molecule has 0 aliphatic carbocycles. The lowest BCUT2D eigenvalue weighted by molar-refractivity contribution is -0.255. The van der Waals surface area contributed by atoms with Crippen molar-refractivity contribution in [3.8, 4) is 0 Å². The Morgan fingerprint density at radius 2 is 1.41 bits per heavy atom. The monoisotopic (exact) mass is 357 g/mol. The van der Waals surface area contributed by atoms with Gasteiger partial charge in [-0.2, -0.15) is 0 Å². The summed E-state index contributed by atoms with van der Waals surface area (Å²) in [6, 6.07) is 20.2. The second-order valence-corrected chi connectivity index (χ2v) is 6.03. The molecule has 3 aromatic rings. The Kier molecular flexibility index (Phi) is 3.93. The summed E-state index contributed by atoms with van der Waals surface area (Å²) in [4.78, 5) is 37.3. The molecular weight excluding hydrogens is 344 g/mol. The molecule has 27 heavy (non-hydrogen) atoms. The van der Waals surface area contributed by atoms with Crippen molar-refractivity contribution in [2.24, 2.45) is 0 Å². The Bertz CT molecular complexity index is 1060. The SMILES string of the molecule is O=C([O-])c1ccc2c(c1)C(=O)N(c1ccc(Nc3ccccc3)cc1)C2=O. The van der Waals surface area contributed by atoms with E-state index >= 15 is 0 Å². The van der Waals surface area contributed by atoms with Gasteiger partial charge in [0, 0.05) is 11.4 Å². The number of amides is 2. The van der Waals surface area contributed by atoms with Crippen LogP contribution < -0.4 is 15.3 Å². The van der Waals surface area contributed by atoms with Crippen LogP contribution in [0.1, 0.15) is 31.1 Å². The standard InChI is InChI=1S/C21H14N2O4/c24-19-17-11-6-13(21(26)27)12-18(17)20(25)23(19)16-9-7-15(8-10-16)22-14-4-2-1-3-5-14/h1-12,22H,(H,26,27)/p-1. The number of carbonyl (C=O) groups is 3. The predicted octanol–water partition coefficient (Wildman–Crippen LogP) is 2.59. The highest BCUT2D eigenvalue weighted by Gasteiger charge is 2.36. The number of nitrogens with zero attached hydrogens (tertiary/aromatic N) is 1. The molecule has 132 valence electrons. The largest absolute Gasteiger partial charge is 0.545 e. The third-order valence-electron chi connectivity index (χ3n) is 4.31. The fraction of sp³-hybridized carbons (Fsp3) is 0. The quantitative estimate of drug-likeness (QED) is 0.725. The summed E-state index contributed by atoms with van der Waals surface area (Å²) in [6.07, 6.45) is 0. The van der Waals surface area contributed by atoms with E-state index in [2.05, 4.69) is 5.32 Å². The number of benzene rings is 3. The van der Waals surface area contributed by atoms with E-state index in [4.69, 9.17) is 0 Å². The molecule has 0 spiro atoms. The Morgan fingerprint density at radius 3 is 2.07 bits per heavy atom. The number of carboxylic acid groups (broad SMARTS) is 1. The maximum absolute atomic E-state index is 12.6. The van der Waals surface area contributed by atoms with Crippen LogP contribution in [0.3, 0.4) is 0 Å². The van der Waals surface area contributed by atoms with Crippen molar-refractivity contribution in [1.82, 2.24) is 0 Å². The lowest BCUT2D eigenvalue weighted by Gasteiger charge is -2.15. The van der Waals surface area contributed by atoms with Crippen LogP contribution in [0.15, 0.2) is 72.8 Å². The third-order valence-corrected chi connectivity index (χ3v) is 4.31. The van der Waals surface area contributed by atoms with Crippen molar-refractivity contribution in [1.29, 1.82) is 0 Å². The molecule has 1 aliphatic heterocycles. The summed E-state index contributed by atoms with van der Waals surface area (Å²) in [5, 5.41) is 14.2. The van der Waals surface area contributed by atoms with Gasteiger partial charge in [-0.25, -0.2) is 4.90 Å². The van der Waals surface area contributed by atoms with E-state index in [1.807, 2.05) is 30.3 Å². The minimum Gasteiger partial charge on any atom is -0.545 e. The van der Waals surface area contributed by atoms with E-state index in [1.165, 1.54) is 18.2 Å². The highest BCUT2D eigenvalue weighted by atomic mass is 16.4. The molecule has 6 nitrogen and oxygen atoms in total. The molecule has 0 atom stereocenters. The molecule has 2 amide bonds. The maximum Gasteiger partial charge on any atom is 0.266 e. The van der Waals surface area contributed by atoms with E-state index < -0.39 is 17.8 Å². The Morgan fingerprint density at radius 1 is 0.778 bits per heavy atom. The molecule has 0 saturated heterocycles. The smallest absolute Gasteiger partial charge is 0.266 e. The second kappa shape index (κ2) is 6.42. The summed E-state index contributed by atoms with van der Waals surface area (Å²) in [5.41, 5.74) is 2.24. The summed E-state index contributed by atoms with van der Waals surface area (Å²) in [6.45, 7) is 0. The number of imide groups is 1. The number of nitrogens with one attached hydrogen (secondary N) is 1. The Hall–Kier alpha value is -3.93. The fourth-order valence-electron chi connectivity index (χ4n) is 2.98. The number of aromatic carboxylic acids is 1. The second-order valence-electron chi connectivity index (χ2n) is 6.03. The highest BCUT2D eigenvalue weighted by molar-refractivity contribution is 6.34. The minimum atomic E-state index is -1.40. The first kappa shape index (κ1) is 16.5. The van der Waals surface area contributed by atoms with Crippen LogP contribution >= 0.6 is 0 Å². The number of hydrogen-bond donors (Lipinski definition) is 1. The van der Waals surface area contributed by atoms with Crippen molar-refractivity contribution >= 4 is 34.8 Å². The van der Waals surface area contributed by atoms with Gasteiger partial charge in [-0.05, 0) is 54.1 Å². The van der Waals surface area contributed by atoms with Gasteiger partial charge in [0.25, 0.3) is 11.8 Å². The molecule has 0 unspecified atom stereocenters. The van der Waals surface area contributed by atoms with Gasteiger partial charge in [0.1, 0.15) is 0 Å². The lowest BCUT2D eigenvalue weighted by atomic mass is 10.1. The van der Waals surface area contributed by atoms with Gasteiger partial charge in [0.2, 0.25) is 0 Å². The van der Waals surface area contributed by atoms with Gasteiger partial charge in [-0.15, -0.1) is 0 Å². The van der Waals surface area contributed by atoms with Crippen molar-refractivity contribution in [3.63, 3.8) is 0 Å². The number of fused-ring (bicyclic) bond motifs is 1. The Labute approximate surface area is 154 Å². The average molecular weight is 357 g/mol. The topological polar surface area (TPSA) is 89.5 Å². The molecule has 1 heterocycles. The van der Waals surface area contributed by atoms with Crippen LogP contribution in [0, 0.1) is 0 Å². The fourth-order valence-corrected chi connectivity index (χ4v) is 2.98. The van der Waals surface area contributed by atoms with Gasteiger partial charge in [-0.3, -0.25) is 9.59 Å². The molecule has 0 radical (unpaired) electrons. The average Bonchev–Trinajstić information content (AvgIpc) is 2.93. The zero-order valence-electron chi connectivity index (χ0n) is 14.0. The number of carboxylic acids is 1. The molecule has 3 aromatic carbocycles. The molecule has 0 bridgehead atoms. The first-order valence-corrected chi connectivity index (χ1v) is 8.21. The molecular formula is C21H13N2O4-. The number of anilines is 3. The normalized spacial score (nSPS) is 12.8. The molecule has 4 rings (SSSR count). The van der Waals surface area contributed by atoms with Crippen LogP contribution in [0.25, 0.3) is 0 Å². The van der Waals surface area contributed by atoms with Gasteiger partial charge in [0.05, 0.1) is 22.8 Å². The van der Waals surface area contributed by atoms with Crippen LogP contribution in [-0.2, 0) is 0 Å². The number of rotatable bonds is 4. The summed E-state index contributed by atoms with van der Waals surface area (Å²) < 4.78 is 0. The predicted molar refractivity (Wildman–Crippen MR) is 98.1 cm³/mol. The van der Waals surface area contributed by atoms with E-state index in [1.54, 1.807) is 24.3 Å². The summed E-state index contributed by atoms with van der Waals surface area (Å²) in [5.74, 6) is -2.43. The molecule has 0 saturated carbocycles. The van der Waals surface area contributed by atoms with Gasteiger partial charge < -0.3 is 15.2 Å². The molecule has 6 heteroatoms. The van der Waals surface area contributed by atoms with Gasteiger partial charge >= 0.3 is 0 Å². The van der Waals surface area contributed by atoms with Crippen molar-refractivity contribution in [3.05, 3.63) is 89.5 Å². The number of hydrogen-bond acceptors (Lipinski definition) is 5. The van der Waals surface area contributed by atoms with Crippen LogP contribution in [0.4, 0.5) is 17.1 Å². The first-order chi connectivity index (χ1) is 13.0. The van der Waals surface area contributed by atoms with Crippen molar-refractivity contribution in [2.45, 2.75) is 0 Å². The molecule has 1 N–H and O–H groups in total. The first-order valence-electron chi connectivity index (χ1n) is 8.21. The minimum absolute atomic E-state index is 0.0631. The van der Waals surface area contributed by atoms with E-state index in [-0.39, 0.29) is 16.7 Å². The van der Waals surface area contributed by atoms with Crippen LogP contribution in [0.5, 0.6) is 0 Å². The molecule has 0 aromatic heterocycles. The van der Waals surface area contributed by atoms with Crippen molar-refractivity contribution in [2.75, 3.05) is 10.2 Å². The van der Waals surface area contributed by atoms with E-state index in [0.29, 0.717) is 5.69 Å². The zero-order valence-corrected chi connectivity index (χ0v) is 14.0. The third kappa shape index (κ3) is 2.93. The highest BCUT2D eigenvalue weighted by Crippen LogP contribution is 2.30. The van der Waals surface area contributed by atoms with Gasteiger partial charge in [0.15, 0.2) is 0 Å². The maximum atomic E-state index is 12.6. The van der Waals surface area contributed by atoms with Crippen molar-refractivity contribution < 1.29 is 19.5 Å². The van der Waals surface area contributed by atoms with E-state index in [9.17, 15) is 19.5 Å². The summed E-state index contributed by atoms with van der Waals surface area (Å²) in [7, 11) is 0. The van der Waals surface area contributed by atoms with E-state index in [0.717, 1.165) is 16.3 Å². The number of carbonyl (C=O) groups excluding carboxylic acids is 3. The lowest BCUT2D eigenvalue weighted by Crippen LogP contribution is -2.29. The van der Waals surface area contributed by atoms with Gasteiger partial charge in [-0.1, -0.05) is 24.3 Å². The molecule has 1 aliphatic rings. The summed E-state index contributed by atoms with van der Waals surface area (Å²) >= 11 is 0.